The van der Waals surface area contributed by atoms with E-state index in [4.69, 9.17) is 9.84 Å². The molecular weight excluding hydrogens is 232 g/mol. The van der Waals surface area contributed by atoms with Crippen molar-refractivity contribution in [1.29, 1.82) is 0 Å². The maximum absolute atomic E-state index is 10.9. The summed E-state index contributed by atoms with van der Waals surface area (Å²) in [4.78, 5) is 15.2. The Morgan fingerprint density at radius 3 is 2.72 bits per heavy atom. The third kappa shape index (κ3) is 4.55. The number of hydrogen-bond acceptors (Lipinski definition) is 4. The molecule has 0 aromatic rings. The predicted octanol–water partition coefficient (Wildman–Crippen LogP) is 0.892. The summed E-state index contributed by atoms with van der Waals surface area (Å²) < 4.78 is 5.82. The molecule has 0 bridgehead atoms. The van der Waals surface area contributed by atoms with E-state index in [1.165, 1.54) is 0 Å². The van der Waals surface area contributed by atoms with Gasteiger partial charge < -0.3 is 14.7 Å². The smallest absolute Gasteiger partial charge is 0.320 e. The van der Waals surface area contributed by atoms with Crippen LogP contribution < -0.4 is 0 Å². The van der Waals surface area contributed by atoms with Crippen LogP contribution in [0.4, 0.5) is 0 Å². The second kappa shape index (κ2) is 7.71. The minimum atomic E-state index is -0.751. The standard InChI is InChI=1S/C13H26N2O3/c1-4-14(5-2)8-9-18-12-6-7-15(10-12)11(3)13(16)17/h11-12H,4-10H2,1-3H3,(H,16,17). The summed E-state index contributed by atoms with van der Waals surface area (Å²) in [6.45, 7) is 11.4. The number of carboxylic acids is 1. The Morgan fingerprint density at radius 1 is 1.50 bits per heavy atom. The molecule has 0 saturated carbocycles. The molecule has 5 nitrogen and oxygen atoms in total. The quantitative estimate of drug-likeness (QED) is 0.701. The molecule has 1 saturated heterocycles. The van der Waals surface area contributed by atoms with Gasteiger partial charge in [0.1, 0.15) is 6.04 Å². The molecule has 1 heterocycles. The van der Waals surface area contributed by atoms with E-state index in [1.54, 1.807) is 6.92 Å². The first-order chi connectivity index (χ1) is 8.58. The van der Waals surface area contributed by atoms with Crippen LogP contribution in [0.5, 0.6) is 0 Å². The summed E-state index contributed by atoms with van der Waals surface area (Å²) in [6, 6.07) is -0.401. The minimum Gasteiger partial charge on any atom is -0.480 e. The highest BCUT2D eigenvalue weighted by atomic mass is 16.5. The lowest BCUT2D eigenvalue weighted by Crippen LogP contribution is -2.38. The average molecular weight is 258 g/mol. The van der Waals surface area contributed by atoms with Crippen molar-refractivity contribution < 1.29 is 14.6 Å². The average Bonchev–Trinajstić information content (AvgIpc) is 2.82. The molecule has 0 radical (unpaired) electrons. The Hall–Kier alpha value is -0.650. The van der Waals surface area contributed by atoms with Crippen LogP contribution in [0.15, 0.2) is 0 Å². The van der Waals surface area contributed by atoms with Gasteiger partial charge >= 0.3 is 5.97 Å². The molecule has 1 aliphatic rings. The number of rotatable bonds is 8. The van der Waals surface area contributed by atoms with Gasteiger partial charge in [-0.05, 0) is 26.4 Å². The molecule has 1 fully saturated rings. The Kier molecular flexibility index (Phi) is 6.60. The van der Waals surface area contributed by atoms with Crippen molar-refractivity contribution in [3.63, 3.8) is 0 Å². The van der Waals surface area contributed by atoms with Gasteiger partial charge in [0, 0.05) is 19.6 Å². The van der Waals surface area contributed by atoms with Gasteiger partial charge in [0.05, 0.1) is 12.7 Å². The molecule has 0 aromatic heterocycles. The predicted molar refractivity (Wildman–Crippen MR) is 70.8 cm³/mol. The van der Waals surface area contributed by atoms with E-state index in [2.05, 4.69) is 18.7 Å². The van der Waals surface area contributed by atoms with Crippen LogP contribution in [0.1, 0.15) is 27.2 Å². The summed E-state index contributed by atoms with van der Waals surface area (Å²) in [5, 5.41) is 8.95. The zero-order valence-electron chi connectivity index (χ0n) is 11.8. The van der Waals surface area contributed by atoms with E-state index >= 15 is 0 Å². The molecule has 0 amide bonds. The molecule has 1 N–H and O–H groups in total. The largest absolute Gasteiger partial charge is 0.480 e. The molecule has 0 aromatic carbocycles. The number of aliphatic carboxylic acids is 1. The number of likely N-dealkylation sites (tertiary alicyclic amines) is 1. The van der Waals surface area contributed by atoms with Gasteiger partial charge in [-0.25, -0.2) is 0 Å². The molecule has 18 heavy (non-hydrogen) atoms. The Morgan fingerprint density at radius 2 is 2.17 bits per heavy atom. The van der Waals surface area contributed by atoms with Gasteiger partial charge in [-0.15, -0.1) is 0 Å². The van der Waals surface area contributed by atoms with Gasteiger partial charge in [0.15, 0.2) is 0 Å². The summed E-state index contributed by atoms with van der Waals surface area (Å²) in [5.74, 6) is -0.751. The SMILES string of the molecule is CCN(CC)CCOC1CCN(C(C)C(=O)O)C1. The summed E-state index contributed by atoms with van der Waals surface area (Å²) in [7, 11) is 0. The molecule has 5 heteroatoms. The van der Waals surface area contributed by atoms with Gasteiger partial charge in [-0.3, -0.25) is 9.69 Å². The zero-order chi connectivity index (χ0) is 13.5. The molecule has 1 rings (SSSR count). The third-order valence-electron chi connectivity index (χ3n) is 3.74. The molecule has 106 valence electrons. The highest BCUT2D eigenvalue weighted by molar-refractivity contribution is 5.72. The van der Waals surface area contributed by atoms with E-state index in [-0.39, 0.29) is 6.10 Å². The number of hydrogen-bond donors (Lipinski definition) is 1. The van der Waals surface area contributed by atoms with Crippen molar-refractivity contribution in [1.82, 2.24) is 9.80 Å². The highest BCUT2D eigenvalue weighted by Crippen LogP contribution is 2.15. The van der Waals surface area contributed by atoms with Crippen molar-refractivity contribution >= 4 is 5.97 Å². The second-order valence-corrected chi connectivity index (χ2v) is 4.82. The van der Waals surface area contributed by atoms with Crippen molar-refractivity contribution in [2.45, 2.75) is 39.3 Å². The molecule has 0 aliphatic carbocycles. The fraction of sp³-hybridized carbons (Fsp3) is 0.923. The number of ether oxygens (including phenoxy) is 1. The Bertz CT molecular complexity index is 257. The molecule has 2 unspecified atom stereocenters. The molecular formula is C13H26N2O3. The maximum Gasteiger partial charge on any atom is 0.320 e. The number of likely N-dealkylation sites (N-methyl/N-ethyl adjacent to an activating group) is 1. The van der Waals surface area contributed by atoms with Crippen molar-refractivity contribution in [2.75, 3.05) is 39.3 Å². The first-order valence-corrected chi connectivity index (χ1v) is 6.89. The van der Waals surface area contributed by atoms with Gasteiger partial charge in [-0.2, -0.15) is 0 Å². The zero-order valence-corrected chi connectivity index (χ0v) is 11.8. The second-order valence-electron chi connectivity index (χ2n) is 4.82. The first-order valence-electron chi connectivity index (χ1n) is 6.89. The normalized spacial score (nSPS) is 22.6. The van der Waals surface area contributed by atoms with Gasteiger partial charge in [0.25, 0.3) is 0 Å². The van der Waals surface area contributed by atoms with E-state index in [1.807, 2.05) is 4.90 Å². The monoisotopic (exact) mass is 258 g/mol. The van der Waals surface area contributed by atoms with Crippen LogP contribution >= 0.6 is 0 Å². The number of carboxylic acid groups (broad SMARTS) is 1. The lowest BCUT2D eigenvalue weighted by atomic mass is 10.3. The summed E-state index contributed by atoms with van der Waals surface area (Å²) >= 11 is 0. The maximum atomic E-state index is 10.9. The fourth-order valence-electron chi connectivity index (χ4n) is 2.29. The fourth-order valence-corrected chi connectivity index (χ4v) is 2.29. The lowest BCUT2D eigenvalue weighted by molar-refractivity contribution is -0.142. The van der Waals surface area contributed by atoms with E-state index < -0.39 is 12.0 Å². The van der Waals surface area contributed by atoms with E-state index in [0.29, 0.717) is 0 Å². The van der Waals surface area contributed by atoms with Crippen molar-refractivity contribution in [3.8, 4) is 0 Å². The number of carbonyl (C=O) groups is 1. The topological polar surface area (TPSA) is 53.0 Å². The van der Waals surface area contributed by atoms with Crippen LogP contribution in [0, 0.1) is 0 Å². The number of nitrogens with zero attached hydrogens (tertiary/aromatic N) is 2. The lowest BCUT2D eigenvalue weighted by Gasteiger charge is -2.21. The third-order valence-corrected chi connectivity index (χ3v) is 3.74. The molecule has 0 spiro atoms. The highest BCUT2D eigenvalue weighted by Gasteiger charge is 2.29. The van der Waals surface area contributed by atoms with Crippen LogP contribution in [0.3, 0.4) is 0 Å². The van der Waals surface area contributed by atoms with Crippen LogP contribution in [0.2, 0.25) is 0 Å². The van der Waals surface area contributed by atoms with Gasteiger partial charge in [-0.1, -0.05) is 13.8 Å². The van der Waals surface area contributed by atoms with Crippen molar-refractivity contribution in [3.05, 3.63) is 0 Å². The van der Waals surface area contributed by atoms with Crippen molar-refractivity contribution in [2.24, 2.45) is 0 Å². The van der Waals surface area contributed by atoms with Crippen LogP contribution in [-0.4, -0.2) is 72.4 Å². The van der Waals surface area contributed by atoms with E-state index in [9.17, 15) is 4.79 Å². The Labute approximate surface area is 110 Å². The Balaban J connectivity index is 2.20. The molecule has 2 atom stereocenters. The minimum absolute atomic E-state index is 0.197. The van der Waals surface area contributed by atoms with Crippen LogP contribution in [0.25, 0.3) is 0 Å². The van der Waals surface area contributed by atoms with Crippen LogP contribution in [-0.2, 0) is 9.53 Å². The summed E-state index contributed by atoms with van der Waals surface area (Å²) in [5.41, 5.74) is 0. The first kappa shape index (κ1) is 15.4. The molecule has 1 aliphatic heterocycles. The summed E-state index contributed by atoms with van der Waals surface area (Å²) in [6.07, 6.45) is 1.14. The van der Waals surface area contributed by atoms with Gasteiger partial charge in [0.2, 0.25) is 0 Å². The van der Waals surface area contributed by atoms with E-state index in [0.717, 1.165) is 45.8 Å².